The number of benzene rings is 2. The molecule has 0 saturated heterocycles. The Bertz CT molecular complexity index is 1300. The molecule has 0 amide bonds. The number of hydrogen-bond acceptors (Lipinski definition) is 4. The van der Waals surface area contributed by atoms with E-state index < -0.39 is 27.4 Å². The van der Waals surface area contributed by atoms with E-state index in [1.54, 1.807) is 30.5 Å². The summed E-state index contributed by atoms with van der Waals surface area (Å²) in [6.07, 6.45) is 3.49. The minimum Gasteiger partial charge on any atom is -0.288 e. The van der Waals surface area contributed by atoms with Crippen LogP contribution in [0.5, 0.6) is 0 Å². The molecule has 2 aromatic carbocycles. The van der Waals surface area contributed by atoms with Crippen LogP contribution in [0.1, 0.15) is 11.3 Å². The van der Waals surface area contributed by atoms with Crippen molar-refractivity contribution >= 4 is 21.5 Å². The zero-order chi connectivity index (χ0) is 20.6. The fourth-order valence-corrected chi connectivity index (χ4v) is 4.30. The number of imidazole rings is 1. The molecule has 0 aliphatic rings. The van der Waals surface area contributed by atoms with Crippen LogP contribution in [0, 0.1) is 18.6 Å². The van der Waals surface area contributed by atoms with Crippen molar-refractivity contribution in [3.8, 4) is 11.3 Å². The van der Waals surface area contributed by atoms with Crippen molar-refractivity contribution in [1.29, 1.82) is 0 Å². The minimum atomic E-state index is -3.88. The molecule has 0 bridgehead atoms. The third-order valence-corrected chi connectivity index (χ3v) is 5.59. The second-order valence-corrected chi connectivity index (χ2v) is 8.28. The largest absolute Gasteiger partial charge is 0.288 e. The van der Waals surface area contributed by atoms with Crippen molar-refractivity contribution in [2.45, 2.75) is 12.7 Å². The van der Waals surface area contributed by atoms with Crippen molar-refractivity contribution < 1.29 is 17.2 Å². The summed E-state index contributed by atoms with van der Waals surface area (Å²) in [4.78, 5) is 8.71. The molecule has 148 valence electrons. The van der Waals surface area contributed by atoms with Gasteiger partial charge < -0.3 is 0 Å². The Kier molecular flexibility index (Phi) is 4.75. The predicted octanol–water partition coefficient (Wildman–Crippen LogP) is 3.92. The van der Waals surface area contributed by atoms with E-state index in [0.29, 0.717) is 28.8 Å². The van der Waals surface area contributed by atoms with E-state index in [4.69, 9.17) is 0 Å². The topological polar surface area (TPSA) is 76.4 Å². The van der Waals surface area contributed by atoms with Gasteiger partial charge in [-0.25, -0.2) is 27.2 Å². The standard InChI is InChI=1S/C20H16F2N4O2S/c1-13-19(24-20-23-6-3-7-26(13)20)15-4-2-5-18(10-15)25-29(27,28)12-14-8-16(21)11-17(22)9-14/h2-11,25H,12H2,1H3. The van der Waals surface area contributed by atoms with Crippen molar-refractivity contribution in [3.05, 3.63) is 83.8 Å². The summed E-state index contributed by atoms with van der Waals surface area (Å²) in [5.74, 6) is -1.66. The van der Waals surface area contributed by atoms with Crippen LogP contribution in [0.4, 0.5) is 14.5 Å². The normalized spacial score (nSPS) is 11.7. The van der Waals surface area contributed by atoms with Gasteiger partial charge in [-0.05, 0) is 42.8 Å². The maximum Gasteiger partial charge on any atom is 0.236 e. The van der Waals surface area contributed by atoms with Crippen molar-refractivity contribution in [1.82, 2.24) is 14.4 Å². The average Bonchev–Trinajstić information content (AvgIpc) is 2.97. The zero-order valence-electron chi connectivity index (χ0n) is 15.3. The van der Waals surface area contributed by atoms with Crippen molar-refractivity contribution in [2.24, 2.45) is 0 Å². The van der Waals surface area contributed by atoms with Crippen LogP contribution in [0.15, 0.2) is 60.9 Å². The number of aryl methyl sites for hydroxylation is 1. The van der Waals surface area contributed by atoms with Gasteiger partial charge in [0.2, 0.25) is 15.8 Å². The van der Waals surface area contributed by atoms with Gasteiger partial charge in [0.05, 0.1) is 11.4 Å². The Morgan fingerprint density at radius 1 is 1.07 bits per heavy atom. The highest BCUT2D eigenvalue weighted by Crippen LogP contribution is 2.26. The maximum absolute atomic E-state index is 13.3. The summed E-state index contributed by atoms with van der Waals surface area (Å²) in [6, 6.07) is 11.2. The van der Waals surface area contributed by atoms with Gasteiger partial charge in [-0.3, -0.25) is 9.12 Å². The number of anilines is 1. The number of fused-ring (bicyclic) bond motifs is 1. The minimum absolute atomic E-state index is 0.0217. The molecule has 6 nitrogen and oxygen atoms in total. The molecule has 0 radical (unpaired) electrons. The van der Waals surface area contributed by atoms with Gasteiger partial charge in [0.25, 0.3) is 0 Å². The Hall–Kier alpha value is -3.33. The number of halogens is 2. The van der Waals surface area contributed by atoms with Crippen LogP contribution in [-0.2, 0) is 15.8 Å². The van der Waals surface area contributed by atoms with Crippen LogP contribution < -0.4 is 4.72 Å². The highest BCUT2D eigenvalue weighted by molar-refractivity contribution is 7.91. The fraction of sp³-hybridized carbons (Fsp3) is 0.100. The molecule has 1 N–H and O–H groups in total. The lowest BCUT2D eigenvalue weighted by molar-refractivity contribution is 0.579. The van der Waals surface area contributed by atoms with Crippen LogP contribution in [0.3, 0.4) is 0 Å². The second kappa shape index (κ2) is 7.25. The van der Waals surface area contributed by atoms with Gasteiger partial charge >= 0.3 is 0 Å². The predicted molar refractivity (Wildman–Crippen MR) is 106 cm³/mol. The van der Waals surface area contributed by atoms with Gasteiger partial charge in [-0.1, -0.05) is 12.1 Å². The first-order chi connectivity index (χ1) is 13.8. The summed E-state index contributed by atoms with van der Waals surface area (Å²) in [5, 5.41) is 0. The summed E-state index contributed by atoms with van der Waals surface area (Å²) in [7, 11) is -3.88. The number of rotatable bonds is 5. The maximum atomic E-state index is 13.3. The Morgan fingerprint density at radius 3 is 2.55 bits per heavy atom. The van der Waals surface area contributed by atoms with E-state index in [1.165, 1.54) is 0 Å². The Balaban J connectivity index is 1.62. The van der Waals surface area contributed by atoms with E-state index >= 15 is 0 Å². The fourth-order valence-electron chi connectivity index (χ4n) is 3.14. The number of nitrogens with zero attached hydrogens (tertiary/aromatic N) is 3. The summed E-state index contributed by atoms with van der Waals surface area (Å²) < 4.78 is 55.9. The molecule has 0 fully saturated rings. The van der Waals surface area contributed by atoms with Crippen molar-refractivity contribution in [3.63, 3.8) is 0 Å². The Morgan fingerprint density at radius 2 is 1.83 bits per heavy atom. The van der Waals surface area contributed by atoms with Crippen LogP contribution in [0.2, 0.25) is 0 Å². The quantitative estimate of drug-likeness (QED) is 0.537. The first-order valence-electron chi connectivity index (χ1n) is 8.66. The smallest absolute Gasteiger partial charge is 0.236 e. The van der Waals surface area contributed by atoms with E-state index in [2.05, 4.69) is 14.7 Å². The monoisotopic (exact) mass is 414 g/mol. The lowest BCUT2D eigenvalue weighted by atomic mass is 10.1. The molecule has 4 rings (SSSR count). The number of aromatic nitrogens is 3. The van der Waals surface area contributed by atoms with Gasteiger partial charge in [-0.15, -0.1) is 0 Å². The molecular formula is C20H16F2N4O2S. The third kappa shape index (κ3) is 4.09. The summed E-state index contributed by atoms with van der Waals surface area (Å²) in [5.41, 5.74) is 2.60. The van der Waals surface area contributed by atoms with Crippen LogP contribution in [0.25, 0.3) is 17.0 Å². The number of nitrogens with one attached hydrogen (secondary N) is 1. The van der Waals surface area contributed by atoms with Gasteiger partial charge in [0.15, 0.2) is 0 Å². The van der Waals surface area contributed by atoms with Crippen LogP contribution in [-0.4, -0.2) is 22.8 Å². The Labute approximate surface area is 165 Å². The molecule has 0 saturated carbocycles. The molecule has 0 unspecified atom stereocenters. The third-order valence-electron chi connectivity index (χ3n) is 4.33. The SMILES string of the molecule is Cc1c(-c2cccc(NS(=O)(=O)Cc3cc(F)cc(F)c3)c2)nc2ncccn12. The summed E-state index contributed by atoms with van der Waals surface area (Å²) >= 11 is 0. The van der Waals surface area contributed by atoms with E-state index in [0.717, 1.165) is 17.8 Å². The summed E-state index contributed by atoms with van der Waals surface area (Å²) in [6.45, 7) is 1.90. The second-order valence-electron chi connectivity index (χ2n) is 6.56. The van der Waals surface area contributed by atoms with Gasteiger partial charge in [0.1, 0.15) is 11.6 Å². The zero-order valence-corrected chi connectivity index (χ0v) is 16.1. The van der Waals surface area contributed by atoms with Crippen molar-refractivity contribution in [2.75, 3.05) is 4.72 Å². The molecule has 4 aromatic rings. The highest BCUT2D eigenvalue weighted by Gasteiger charge is 2.15. The molecule has 2 heterocycles. The molecule has 0 aliphatic heterocycles. The van der Waals surface area contributed by atoms with E-state index in [9.17, 15) is 17.2 Å². The van der Waals surface area contributed by atoms with Crippen LogP contribution >= 0.6 is 0 Å². The molecule has 2 aromatic heterocycles. The molecule has 0 aliphatic carbocycles. The first-order valence-corrected chi connectivity index (χ1v) is 10.3. The lowest BCUT2D eigenvalue weighted by Crippen LogP contribution is -2.15. The molecular weight excluding hydrogens is 398 g/mol. The lowest BCUT2D eigenvalue weighted by Gasteiger charge is -2.10. The average molecular weight is 414 g/mol. The molecule has 9 heteroatoms. The van der Waals surface area contributed by atoms with Gasteiger partial charge in [0, 0.05) is 35.4 Å². The number of hydrogen-bond donors (Lipinski definition) is 1. The van der Waals surface area contributed by atoms with Gasteiger partial charge in [-0.2, -0.15) is 0 Å². The van der Waals surface area contributed by atoms with E-state index in [-0.39, 0.29) is 5.56 Å². The molecule has 29 heavy (non-hydrogen) atoms. The molecule has 0 atom stereocenters. The molecule has 0 spiro atoms. The highest BCUT2D eigenvalue weighted by atomic mass is 32.2. The number of sulfonamides is 1. The van der Waals surface area contributed by atoms with E-state index in [1.807, 2.05) is 23.6 Å². The first kappa shape index (κ1) is 19.0.